The van der Waals surface area contributed by atoms with Crippen LogP contribution in [-0.2, 0) is 16.1 Å². The molecule has 3 aromatic rings. The number of carbonyl (C=O) groups is 1. The Morgan fingerprint density at radius 3 is 2.61 bits per heavy atom. The smallest absolute Gasteiger partial charge is 0.363 e. The topological polar surface area (TPSA) is 47.9 Å². The molecule has 0 unspecified atom stereocenters. The first kappa shape index (κ1) is 21.4. The lowest BCUT2D eigenvalue weighted by molar-refractivity contribution is -0.129. The molecule has 31 heavy (non-hydrogen) atoms. The number of aryl methyl sites for hydroxylation is 1. The van der Waals surface area contributed by atoms with Gasteiger partial charge in [0.1, 0.15) is 12.4 Å². The Balaban J connectivity index is 1.52. The van der Waals surface area contributed by atoms with Gasteiger partial charge >= 0.3 is 5.97 Å². The Morgan fingerprint density at radius 1 is 1.00 bits per heavy atom. The number of carbonyl (C=O) groups excluding carboxylic acids is 1. The number of ether oxygens (including phenoxy) is 2. The van der Waals surface area contributed by atoms with Crippen molar-refractivity contribution in [2.45, 2.75) is 13.5 Å². The Labute approximate surface area is 194 Å². The first-order chi connectivity index (χ1) is 14.9. The Kier molecular flexibility index (Phi) is 6.33. The molecule has 0 atom stereocenters. The zero-order valence-electron chi connectivity index (χ0n) is 16.4. The molecule has 0 saturated carbocycles. The van der Waals surface area contributed by atoms with Crippen molar-refractivity contribution in [1.82, 2.24) is 0 Å². The predicted molar refractivity (Wildman–Crippen MR) is 124 cm³/mol. The van der Waals surface area contributed by atoms with Gasteiger partial charge in [0.15, 0.2) is 5.70 Å². The van der Waals surface area contributed by atoms with Gasteiger partial charge in [0.05, 0.1) is 0 Å². The summed E-state index contributed by atoms with van der Waals surface area (Å²) in [5.74, 6) is 0.329. The van der Waals surface area contributed by atoms with Gasteiger partial charge in [-0.25, -0.2) is 9.79 Å². The van der Waals surface area contributed by atoms with Crippen LogP contribution in [0.2, 0.25) is 15.1 Å². The molecule has 0 radical (unpaired) electrons. The van der Waals surface area contributed by atoms with Crippen molar-refractivity contribution in [1.29, 1.82) is 0 Å². The van der Waals surface area contributed by atoms with Crippen LogP contribution in [0.1, 0.15) is 22.3 Å². The van der Waals surface area contributed by atoms with E-state index in [1.54, 1.807) is 30.3 Å². The molecule has 156 valence electrons. The van der Waals surface area contributed by atoms with Crippen LogP contribution in [0.15, 0.2) is 71.4 Å². The highest BCUT2D eigenvalue weighted by molar-refractivity contribution is 6.35. The molecular formula is C24H16Cl3NO3. The van der Waals surface area contributed by atoms with Gasteiger partial charge < -0.3 is 9.47 Å². The van der Waals surface area contributed by atoms with E-state index in [4.69, 9.17) is 44.3 Å². The number of benzene rings is 3. The first-order valence-corrected chi connectivity index (χ1v) is 10.5. The van der Waals surface area contributed by atoms with E-state index in [0.29, 0.717) is 26.4 Å². The molecule has 0 fully saturated rings. The van der Waals surface area contributed by atoms with Crippen LogP contribution in [0, 0.1) is 6.92 Å². The number of hydrogen-bond acceptors (Lipinski definition) is 4. The van der Waals surface area contributed by atoms with E-state index in [-0.39, 0.29) is 18.2 Å². The van der Waals surface area contributed by atoms with Crippen LogP contribution >= 0.6 is 34.8 Å². The van der Waals surface area contributed by atoms with E-state index < -0.39 is 5.97 Å². The second kappa shape index (κ2) is 9.15. The first-order valence-electron chi connectivity index (χ1n) is 9.35. The standard InChI is InChI=1S/C24H16Cl3NO3/c1-14-5-6-16(11-20(14)26)23-28-22(24(29)31-23)10-15-3-2-4-19(9-15)30-13-17-7-8-18(25)12-21(17)27/h2-12H,13H2,1H3/b22-10+. The van der Waals surface area contributed by atoms with E-state index in [1.807, 2.05) is 43.3 Å². The highest BCUT2D eigenvalue weighted by atomic mass is 35.5. The third-order valence-electron chi connectivity index (χ3n) is 4.61. The molecule has 0 aliphatic carbocycles. The molecule has 1 aliphatic heterocycles. The van der Waals surface area contributed by atoms with E-state index in [2.05, 4.69) is 4.99 Å². The maximum atomic E-state index is 12.3. The average molecular weight is 473 g/mol. The number of nitrogens with zero attached hydrogens (tertiary/aromatic N) is 1. The molecule has 0 saturated heterocycles. The molecule has 0 bridgehead atoms. The van der Waals surface area contributed by atoms with Crippen molar-refractivity contribution >= 4 is 52.7 Å². The van der Waals surface area contributed by atoms with Crippen molar-refractivity contribution in [3.05, 3.63) is 104 Å². The van der Waals surface area contributed by atoms with Crippen molar-refractivity contribution in [3.8, 4) is 5.75 Å². The van der Waals surface area contributed by atoms with Crippen LogP contribution in [0.4, 0.5) is 0 Å². The summed E-state index contributed by atoms with van der Waals surface area (Å²) in [6.07, 6.45) is 1.65. The Morgan fingerprint density at radius 2 is 1.84 bits per heavy atom. The molecule has 4 rings (SSSR count). The fourth-order valence-electron chi connectivity index (χ4n) is 2.91. The van der Waals surface area contributed by atoms with Crippen LogP contribution in [0.5, 0.6) is 5.75 Å². The molecule has 0 amide bonds. The fourth-order valence-corrected chi connectivity index (χ4v) is 3.55. The number of aliphatic imine (C=N–C) groups is 1. The van der Waals surface area contributed by atoms with Crippen LogP contribution < -0.4 is 4.74 Å². The van der Waals surface area contributed by atoms with Gasteiger partial charge in [-0.1, -0.05) is 59.1 Å². The fraction of sp³-hybridized carbons (Fsp3) is 0.0833. The maximum Gasteiger partial charge on any atom is 0.363 e. The van der Waals surface area contributed by atoms with Crippen LogP contribution in [0.3, 0.4) is 0 Å². The van der Waals surface area contributed by atoms with E-state index >= 15 is 0 Å². The minimum absolute atomic E-state index is 0.199. The zero-order valence-corrected chi connectivity index (χ0v) is 18.6. The monoisotopic (exact) mass is 471 g/mol. The SMILES string of the molecule is Cc1ccc(C2=N/C(=C/c3cccc(OCc4ccc(Cl)cc4Cl)c3)C(=O)O2)cc1Cl. The summed E-state index contributed by atoms with van der Waals surface area (Å²) in [5.41, 5.74) is 3.34. The summed E-state index contributed by atoms with van der Waals surface area (Å²) in [6, 6.07) is 17.9. The lowest BCUT2D eigenvalue weighted by Crippen LogP contribution is -2.05. The molecular weight excluding hydrogens is 457 g/mol. The van der Waals surface area contributed by atoms with Crippen LogP contribution in [0.25, 0.3) is 6.08 Å². The van der Waals surface area contributed by atoms with Crippen molar-refractivity contribution in [3.63, 3.8) is 0 Å². The van der Waals surface area contributed by atoms with E-state index in [9.17, 15) is 4.79 Å². The van der Waals surface area contributed by atoms with Gasteiger partial charge in [-0.3, -0.25) is 0 Å². The largest absolute Gasteiger partial charge is 0.489 e. The lowest BCUT2D eigenvalue weighted by Gasteiger charge is -2.08. The van der Waals surface area contributed by atoms with Gasteiger partial charge in [0, 0.05) is 26.2 Å². The quantitative estimate of drug-likeness (QED) is 0.300. The van der Waals surface area contributed by atoms with E-state index in [1.165, 1.54) is 0 Å². The zero-order chi connectivity index (χ0) is 22.0. The Bertz CT molecular complexity index is 1230. The number of halogens is 3. The van der Waals surface area contributed by atoms with Gasteiger partial charge in [0.2, 0.25) is 5.90 Å². The molecule has 4 nitrogen and oxygen atoms in total. The summed E-state index contributed by atoms with van der Waals surface area (Å²) < 4.78 is 11.1. The molecule has 1 heterocycles. The van der Waals surface area contributed by atoms with Gasteiger partial charge in [-0.2, -0.15) is 0 Å². The highest BCUT2D eigenvalue weighted by Crippen LogP contribution is 2.25. The third kappa shape index (κ3) is 5.10. The molecule has 0 aromatic heterocycles. The molecule has 1 aliphatic rings. The Hall–Kier alpha value is -2.79. The summed E-state index contributed by atoms with van der Waals surface area (Å²) in [7, 11) is 0. The number of esters is 1. The second-order valence-corrected chi connectivity index (χ2v) is 8.15. The number of hydrogen-bond donors (Lipinski definition) is 0. The highest BCUT2D eigenvalue weighted by Gasteiger charge is 2.24. The number of rotatable bonds is 5. The summed E-state index contributed by atoms with van der Waals surface area (Å²) in [4.78, 5) is 16.6. The molecule has 0 N–H and O–H groups in total. The summed E-state index contributed by atoms with van der Waals surface area (Å²) >= 11 is 18.3. The van der Waals surface area contributed by atoms with Gasteiger partial charge in [-0.15, -0.1) is 0 Å². The maximum absolute atomic E-state index is 12.3. The van der Waals surface area contributed by atoms with Gasteiger partial charge in [0.25, 0.3) is 0 Å². The summed E-state index contributed by atoms with van der Waals surface area (Å²) in [5, 5.41) is 1.69. The van der Waals surface area contributed by atoms with E-state index in [0.717, 1.165) is 16.7 Å². The lowest BCUT2D eigenvalue weighted by atomic mass is 10.1. The van der Waals surface area contributed by atoms with Crippen molar-refractivity contribution in [2.75, 3.05) is 0 Å². The third-order valence-corrected chi connectivity index (χ3v) is 5.60. The summed E-state index contributed by atoms with van der Waals surface area (Å²) in [6.45, 7) is 2.18. The molecule has 7 heteroatoms. The average Bonchev–Trinajstić information content (AvgIpc) is 3.10. The minimum atomic E-state index is -0.522. The number of cyclic esters (lactones) is 1. The van der Waals surface area contributed by atoms with Gasteiger partial charge in [-0.05, 0) is 60.5 Å². The van der Waals surface area contributed by atoms with Crippen LogP contribution in [-0.4, -0.2) is 11.9 Å². The van der Waals surface area contributed by atoms with Crippen molar-refractivity contribution < 1.29 is 14.3 Å². The normalized spacial score (nSPS) is 14.5. The molecule has 0 spiro atoms. The predicted octanol–water partition coefficient (Wildman–Crippen LogP) is 6.88. The van der Waals surface area contributed by atoms with Crippen molar-refractivity contribution in [2.24, 2.45) is 4.99 Å². The minimum Gasteiger partial charge on any atom is -0.489 e. The molecule has 3 aromatic carbocycles. The second-order valence-electron chi connectivity index (χ2n) is 6.90.